The highest BCUT2D eigenvalue weighted by Gasteiger charge is 2.39. The largest absolute Gasteiger partial charge is 0.497 e. The van der Waals surface area contributed by atoms with Crippen LogP contribution in [0, 0.1) is 0 Å². The molecule has 0 amide bonds. The molecular weight excluding hydrogens is 247 g/mol. The van der Waals surface area contributed by atoms with E-state index in [1.165, 1.54) is 7.11 Å². The van der Waals surface area contributed by atoms with Crippen LogP contribution in [0.1, 0.15) is 12.0 Å². The van der Waals surface area contributed by atoms with Crippen molar-refractivity contribution in [3.05, 3.63) is 29.8 Å². The van der Waals surface area contributed by atoms with E-state index in [-0.39, 0.29) is 19.6 Å². The van der Waals surface area contributed by atoms with Crippen LogP contribution in [0.4, 0.5) is 13.2 Å². The molecule has 0 radical (unpaired) electrons. The summed E-state index contributed by atoms with van der Waals surface area (Å²) in [6, 6.07) is 6.72. The predicted molar refractivity (Wildman–Crippen MR) is 61.3 cm³/mol. The van der Waals surface area contributed by atoms with Gasteiger partial charge in [0.05, 0.1) is 13.7 Å². The second-order valence-corrected chi connectivity index (χ2v) is 3.77. The summed E-state index contributed by atoms with van der Waals surface area (Å²) >= 11 is 0. The van der Waals surface area contributed by atoms with Gasteiger partial charge in [0.25, 0.3) is 0 Å². The van der Waals surface area contributed by atoms with Crippen LogP contribution in [-0.4, -0.2) is 25.9 Å². The number of alkyl halides is 3. The molecule has 0 spiro atoms. The Balaban J connectivity index is 2.61. The van der Waals surface area contributed by atoms with Gasteiger partial charge < -0.3 is 15.2 Å². The van der Waals surface area contributed by atoms with Crippen molar-refractivity contribution in [3.8, 4) is 5.75 Å². The molecular formula is C12H16F3NO2. The fourth-order valence-electron chi connectivity index (χ4n) is 1.45. The summed E-state index contributed by atoms with van der Waals surface area (Å²) in [7, 11) is 1.49. The Kier molecular flexibility index (Phi) is 5.43. The second kappa shape index (κ2) is 6.61. The highest BCUT2D eigenvalue weighted by Crippen LogP contribution is 2.26. The molecule has 0 heterocycles. The molecule has 1 aromatic rings. The van der Waals surface area contributed by atoms with Crippen molar-refractivity contribution in [2.24, 2.45) is 5.73 Å². The number of methoxy groups -OCH3 is 1. The fraction of sp³-hybridized carbons (Fsp3) is 0.500. The number of rotatable bonds is 6. The second-order valence-electron chi connectivity index (χ2n) is 3.77. The zero-order valence-corrected chi connectivity index (χ0v) is 10.0. The van der Waals surface area contributed by atoms with Gasteiger partial charge in [-0.05, 0) is 30.7 Å². The zero-order valence-electron chi connectivity index (χ0n) is 10.0. The summed E-state index contributed by atoms with van der Waals surface area (Å²) in [5.41, 5.74) is 5.77. The first-order chi connectivity index (χ1) is 8.47. The summed E-state index contributed by atoms with van der Waals surface area (Å²) < 4.78 is 47.5. The summed E-state index contributed by atoms with van der Waals surface area (Å²) in [4.78, 5) is 0. The number of benzene rings is 1. The average molecular weight is 263 g/mol. The van der Waals surface area contributed by atoms with E-state index < -0.39 is 12.3 Å². The van der Waals surface area contributed by atoms with Crippen LogP contribution in [0.3, 0.4) is 0 Å². The first-order valence-corrected chi connectivity index (χ1v) is 5.48. The van der Waals surface area contributed by atoms with Crippen molar-refractivity contribution < 1.29 is 22.6 Å². The van der Waals surface area contributed by atoms with Crippen LogP contribution < -0.4 is 10.5 Å². The molecule has 0 saturated heterocycles. The predicted octanol–water partition coefficient (Wildman–Crippen LogP) is 2.49. The van der Waals surface area contributed by atoms with Crippen molar-refractivity contribution in [3.63, 3.8) is 0 Å². The Hall–Kier alpha value is -1.27. The van der Waals surface area contributed by atoms with Crippen molar-refractivity contribution in [1.82, 2.24) is 0 Å². The SMILES string of the molecule is COc1cccc(COC(CCN)C(F)(F)F)c1. The van der Waals surface area contributed by atoms with E-state index in [4.69, 9.17) is 15.2 Å². The molecule has 1 atom stereocenters. The van der Waals surface area contributed by atoms with Gasteiger partial charge >= 0.3 is 6.18 Å². The Bertz CT molecular complexity index is 369. The molecule has 18 heavy (non-hydrogen) atoms. The van der Waals surface area contributed by atoms with Gasteiger partial charge in [-0.15, -0.1) is 0 Å². The van der Waals surface area contributed by atoms with Crippen LogP contribution in [-0.2, 0) is 11.3 Å². The zero-order chi connectivity index (χ0) is 13.6. The van der Waals surface area contributed by atoms with Gasteiger partial charge in [-0.2, -0.15) is 13.2 Å². The molecule has 0 aliphatic rings. The standard InChI is InChI=1S/C12H16F3NO2/c1-17-10-4-2-3-9(7-10)8-18-11(5-6-16)12(13,14)15/h2-4,7,11H,5-6,8,16H2,1H3. The molecule has 1 aromatic carbocycles. The lowest BCUT2D eigenvalue weighted by molar-refractivity contribution is -0.224. The monoisotopic (exact) mass is 263 g/mol. The molecule has 0 fully saturated rings. The summed E-state index contributed by atoms with van der Waals surface area (Å²) in [5, 5.41) is 0. The van der Waals surface area contributed by atoms with Gasteiger partial charge in [-0.25, -0.2) is 0 Å². The molecule has 0 saturated carbocycles. The third-order valence-corrected chi connectivity index (χ3v) is 2.38. The van der Waals surface area contributed by atoms with E-state index in [9.17, 15) is 13.2 Å². The van der Waals surface area contributed by atoms with E-state index in [1.54, 1.807) is 24.3 Å². The van der Waals surface area contributed by atoms with Gasteiger partial charge in [-0.3, -0.25) is 0 Å². The number of ether oxygens (including phenoxy) is 2. The minimum Gasteiger partial charge on any atom is -0.497 e. The topological polar surface area (TPSA) is 44.5 Å². The average Bonchev–Trinajstić information content (AvgIpc) is 2.33. The van der Waals surface area contributed by atoms with Gasteiger partial charge in [0.15, 0.2) is 6.10 Å². The maximum absolute atomic E-state index is 12.6. The molecule has 1 unspecified atom stereocenters. The maximum atomic E-state index is 12.6. The number of hydrogen-bond acceptors (Lipinski definition) is 3. The Morgan fingerprint density at radius 1 is 1.33 bits per heavy atom. The third kappa shape index (κ3) is 4.54. The first kappa shape index (κ1) is 14.8. The van der Waals surface area contributed by atoms with Gasteiger partial charge in [-0.1, -0.05) is 12.1 Å². The molecule has 3 nitrogen and oxygen atoms in total. The lowest BCUT2D eigenvalue weighted by Crippen LogP contribution is -2.33. The van der Waals surface area contributed by atoms with Crippen molar-refractivity contribution in [2.75, 3.05) is 13.7 Å². The van der Waals surface area contributed by atoms with Crippen LogP contribution in [0.15, 0.2) is 24.3 Å². The number of halogens is 3. The quantitative estimate of drug-likeness (QED) is 0.857. The van der Waals surface area contributed by atoms with Crippen molar-refractivity contribution in [2.45, 2.75) is 25.3 Å². The molecule has 0 aromatic heterocycles. The molecule has 1 rings (SSSR count). The van der Waals surface area contributed by atoms with Crippen LogP contribution in [0.5, 0.6) is 5.75 Å². The minimum atomic E-state index is -4.39. The van der Waals surface area contributed by atoms with Crippen molar-refractivity contribution >= 4 is 0 Å². The maximum Gasteiger partial charge on any atom is 0.414 e. The highest BCUT2D eigenvalue weighted by molar-refractivity contribution is 5.27. The molecule has 2 N–H and O–H groups in total. The van der Waals surface area contributed by atoms with Crippen LogP contribution in [0.25, 0.3) is 0 Å². The Morgan fingerprint density at radius 2 is 2.06 bits per heavy atom. The number of hydrogen-bond donors (Lipinski definition) is 1. The van der Waals surface area contributed by atoms with E-state index >= 15 is 0 Å². The highest BCUT2D eigenvalue weighted by atomic mass is 19.4. The van der Waals surface area contributed by atoms with Crippen molar-refractivity contribution in [1.29, 1.82) is 0 Å². The van der Waals surface area contributed by atoms with Gasteiger partial charge in [0.2, 0.25) is 0 Å². The minimum absolute atomic E-state index is 0.0672. The molecule has 102 valence electrons. The van der Waals surface area contributed by atoms with E-state index in [0.29, 0.717) is 11.3 Å². The molecule has 0 bridgehead atoms. The summed E-state index contributed by atoms with van der Waals surface area (Å²) in [5.74, 6) is 0.582. The van der Waals surface area contributed by atoms with Crippen LogP contribution >= 0.6 is 0 Å². The summed E-state index contributed by atoms with van der Waals surface area (Å²) in [6.07, 6.45) is -6.46. The molecule has 0 aliphatic heterocycles. The smallest absolute Gasteiger partial charge is 0.414 e. The first-order valence-electron chi connectivity index (χ1n) is 5.48. The van der Waals surface area contributed by atoms with Gasteiger partial charge in [0, 0.05) is 0 Å². The molecule has 0 aliphatic carbocycles. The number of nitrogens with two attached hydrogens (primary N) is 1. The van der Waals surface area contributed by atoms with E-state index in [0.717, 1.165) is 0 Å². The molecule has 6 heteroatoms. The van der Waals surface area contributed by atoms with E-state index in [1.807, 2.05) is 0 Å². The van der Waals surface area contributed by atoms with Gasteiger partial charge in [0.1, 0.15) is 5.75 Å². The van der Waals surface area contributed by atoms with Crippen LogP contribution in [0.2, 0.25) is 0 Å². The lowest BCUT2D eigenvalue weighted by Gasteiger charge is -2.20. The fourth-order valence-corrected chi connectivity index (χ4v) is 1.45. The van der Waals surface area contributed by atoms with E-state index in [2.05, 4.69) is 0 Å². The third-order valence-electron chi connectivity index (χ3n) is 2.38. The Labute approximate surface area is 104 Å². The lowest BCUT2D eigenvalue weighted by atomic mass is 10.2. The normalized spacial score (nSPS) is 13.4. The Morgan fingerprint density at radius 3 is 2.61 bits per heavy atom. The summed E-state index contributed by atoms with van der Waals surface area (Å²) in [6.45, 7) is -0.191.